The van der Waals surface area contributed by atoms with Crippen LogP contribution in [0.3, 0.4) is 0 Å². The van der Waals surface area contributed by atoms with Crippen LogP contribution in [0.15, 0.2) is 30.9 Å². The third-order valence-corrected chi connectivity index (χ3v) is 2.74. The van der Waals surface area contributed by atoms with Crippen LogP contribution in [0.2, 0.25) is 0 Å². The van der Waals surface area contributed by atoms with Crippen LogP contribution in [0.25, 0.3) is 0 Å². The topological polar surface area (TPSA) is 50.7 Å². The number of hydrogen-bond acceptors (Lipinski definition) is 4. The Morgan fingerprint density at radius 3 is 2.59 bits per heavy atom. The van der Waals surface area contributed by atoms with Gasteiger partial charge in [0.2, 0.25) is 0 Å². The maximum atomic E-state index is 4.36. The molecule has 1 N–H and O–H groups in total. The van der Waals surface area contributed by atoms with E-state index in [4.69, 9.17) is 0 Å². The summed E-state index contributed by atoms with van der Waals surface area (Å²) in [4.78, 5) is 12.7. The van der Waals surface area contributed by atoms with E-state index in [1.165, 1.54) is 5.56 Å². The number of aryl methyl sites for hydroxylation is 2. The minimum absolute atomic E-state index is 0.117. The lowest BCUT2D eigenvalue weighted by Gasteiger charge is -2.17. The normalized spacial score (nSPS) is 12.2. The molecule has 0 spiro atoms. The van der Waals surface area contributed by atoms with E-state index in [9.17, 15) is 0 Å². The average Bonchev–Trinajstić information content (AvgIpc) is 2.32. The van der Waals surface area contributed by atoms with E-state index in [1.807, 2.05) is 19.2 Å². The van der Waals surface area contributed by atoms with Crippen LogP contribution in [0.5, 0.6) is 0 Å². The van der Waals surface area contributed by atoms with Crippen molar-refractivity contribution in [2.24, 2.45) is 0 Å². The number of nitrogens with one attached hydrogen (secondary N) is 1. The molecule has 0 radical (unpaired) electrons. The van der Waals surface area contributed by atoms with Crippen LogP contribution in [-0.4, -0.2) is 15.0 Å². The summed E-state index contributed by atoms with van der Waals surface area (Å²) in [7, 11) is 0. The zero-order chi connectivity index (χ0) is 12.3. The van der Waals surface area contributed by atoms with Gasteiger partial charge < -0.3 is 5.32 Å². The second kappa shape index (κ2) is 4.91. The lowest BCUT2D eigenvalue weighted by atomic mass is 10.1. The molecule has 0 fully saturated rings. The fourth-order valence-corrected chi connectivity index (χ4v) is 1.76. The van der Waals surface area contributed by atoms with Crippen molar-refractivity contribution in [3.8, 4) is 0 Å². The predicted octanol–water partition coefficient (Wildman–Crippen LogP) is 2.66. The minimum atomic E-state index is 0.117. The summed E-state index contributed by atoms with van der Waals surface area (Å²) < 4.78 is 0. The molecular formula is C13H16N4. The Morgan fingerprint density at radius 1 is 1.12 bits per heavy atom. The highest BCUT2D eigenvalue weighted by Gasteiger charge is 2.11. The summed E-state index contributed by atoms with van der Waals surface area (Å²) in [6.07, 6.45) is 7.05. The van der Waals surface area contributed by atoms with Crippen molar-refractivity contribution in [1.82, 2.24) is 15.0 Å². The van der Waals surface area contributed by atoms with Gasteiger partial charge in [-0.05, 0) is 32.4 Å². The van der Waals surface area contributed by atoms with E-state index in [0.29, 0.717) is 0 Å². The molecule has 0 bridgehead atoms. The van der Waals surface area contributed by atoms with Crippen LogP contribution in [-0.2, 0) is 0 Å². The summed E-state index contributed by atoms with van der Waals surface area (Å²) in [5.41, 5.74) is 4.13. The molecule has 1 unspecified atom stereocenters. The molecular weight excluding hydrogens is 212 g/mol. The fraction of sp³-hybridized carbons (Fsp3) is 0.308. The van der Waals surface area contributed by atoms with Crippen LogP contribution < -0.4 is 5.32 Å². The molecule has 0 aromatic carbocycles. The molecule has 2 heterocycles. The molecule has 4 nitrogen and oxygen atoms in total. The monoisotopic (exact) mass is 228 g/mol. The zero-order valence-electron chi connectivity index (χ0n) is 10.3. The number of hydrogen-bond donors (Lipinski definition) is 1. The third kappa shape index (κ3) is 2.58. The molecule has 1 atom stereocenters. The first-order valence-corrected chi connectivity index (χ1v) is 5.63. The first-order chi connectivity index (χ1) is 8.18. The van der Waals surface area contributed by atoms with Gasteiger partial charge in [-0.25, -0.2) is 0 Å². The fourth-order valence-electron chi connectivity index (χ4n) is 1.76. The lowest BCUT2D eigenvalue weighted by Crippen LogP contribution is -2.11. The maximum Gasteiger partial charge on any atom is 0.0835 e. The van der Waals surface area contributed by atoms with Gasteiger partial charge >= 0.3 is 0 Å². The molecule has 0 saturated heterocycles. The molecule has 88 valence electrons. The number of aromatic nitrogens is 3. The van der Waals surface area contributed by atoms with E-state index in [-0.39, 0.29) is 6.04 Å². The first kappa shape index (κ1) is 11.5. The van der Waals surface area contributed by atoms with Crippen molar-refractivity contribution in [1.29, 1.82) is 0 Å². The van der Waals surface area contributed by atoms with E-state index in [2.05, 4.69) is 34.1 Å². The highest BCUT2D eigenvalue weighted by molar-refractivity contribution is 5.49. The minimum Gasteiger partial charge on any atom is -0.375 e. The number of anilines is 1. The highest BCUT2D eigenvalue weighted by Crippen LogP contribution is 2.20. The van der Waals surface area contributed by atoms with E-state index < -0.39 is 0 Å². The standard InChI is InChI=1S/C13H16N4/c1-9-4-5-14-8-12(9)17-11(3)13-10(2)15-6-7-16-13/h4-8,11,17H,1-3H3. The summed E-state index contributed by atoms with van der Waals surface area (Å²) >= 11 is 0. The molecule has 0 aliphatic heterocycles. The Morgan fingerprint density at radius 2 is 1.88 bits per heavy atom. The van der Waals surface area contributed by atoms with Crippen molar-refractivity contribution in [3.63, 3.8) is 0 Å². The molecule has 2 rings (SSSR count). The largest absolute Gasteiger partial charge is 0.375 e. The van der Waals surface area contributed by atoms with Crippen LogP contribution >= 0.6 is 0 Å². The van der Waals surface area contributed by atoms with Crippen LogP contribution in [0.4, 0.5) is 5.69 Å². The number of rotatable bonds is 3. The van der Waals surface area contributed by atoms with Gasteiger partial charge in [-0.1, -0.05) is 0 Å². The molecule has 2 aromatic rings. The van der Waals surface area contributed by atoms with Gasteiger partial charge in [0, 0.05) is 18.6 Å². The molecule has 0 saturated carbocycles. The maximum absolute atomic E-state index is 4.36. The second-order valence-electron chi connectivity index (χ2n) is 4.08. The molecule has 2 aromatic heterocycles. The third-order valence-electron chi connectivity index (χ3n) is 2.74. The Labute approximate surface area is 101 Å². The summed E-state index contributed by atoms with van der Waals surface area (Å²) in [6.45, 7) is 6.10. The van der Waals surface area contributed by atoms with Gasteiger partial charge in [0.15, 0.2) is 0 Å². The van der Waals surface area contributed by atoms with Crippen LogP contribution in [0, 0.1) is 13.8 Å². The van der Waals surface area contributed by atoms with Gasteiger partial charge in [-0.15, -0.1) is 0 Å². The van der Waals surface area contributed by atoms with E-state index in [0.717, 1.165) is 17.1 Å². The molecule has 17 heavy (non-hydrogen) atoms. The van der Waals surface area contributed by atoms with Crippen molar-refractivity contribution < 1.29 is 0 Å². The van der Waals surface area contributed by atoms with Gasteiger partial charge in [0.1, 0.15) is 0 Å². The van der Waals surface area contributed by atoms with Crippen LogP contribution in [0.1, 0.15) is 29.9 Å². The zero-order valence-corrected chi connectivity index (χ0v) is 10.3. The Bertz CT molecular complexity index is 510. The second-order valence-corrected chi connectivity index (χ2v) is 4.08. The number of nitrogens with zero attached hydrogens (tertiary/aromatic N) is 3. The van der Waals surface area contributed by atoms with Crippen molar-refractivity contribution in [3.05, 3.63) is 47.8 Å². The predicted molar refractivity (Wildman–Crippen MR) is 67.8 cm³/mol. The Hall–Kier alpha value is -1.97. The van der Waals surface area contributed by atoms with Gasteiger partial charge in [-0.3, -0.25) is 15.0 Å². The van der Waals surface area contributed by atoms with Crippen molar-refractivity contribution in [2.45, 2.75) is 26.8 Å². The van der Waals surface area contributed by atoms with E-state index in [1.54, 1.807) is 18.6 Å². The van der Waals surface area contributed by atoms with Gasteiger partial charge in [0.25, 0.3) is 0 Å². The molecule has 0 aliphatic rings. The highest BCUT2D eigenvalue weighted by atomic mass is 15.0. The van der Waals surface area contributed by atoms with Gasteiger partial charge in [0.05, 0.1) is 29.3 Å². The summed E-state index contributed by atoms with van der Waals surface area (Å²) in [5.74, 6) is 0. The first-order valence-electron chi connectivity index (χ1n) is 5.63. The number of pyridine rings is 1. The smallest absolute Gasteiger partial charge is 0.0835 e. The summed E-state index contributed by atoms with van der Waals surface area (Å²) in [5, 5.41) is 3.40. The molecule has 4 heteroatoms. The lowest BCUT2D eigenvalue weighted by molar-refractivity contribution is 0.808. The van der Waals surface area contributed by atoms with Gasteiger partial charge in [-0.2, -0.15) is 0 Å². The molecule has 0 aliphatic carbocycles. The SMILES string of the molecule is Cc1ccncc1NC(C)c1nccnc1C. The van der Waals surface area contributed by atoms with Crippen molar-refractivity contribution >= 4 is 5.69 Å². The van der Waals surface area contributed by atoms with Crippen molar-refractivity contribution in [2.75, 3.05) is 5.32 Å². The average molecular weight is 228 g/mol. The quantitative estimate of drug-likeness (QED) is 0.877. The summed E-state index contributed by atoms with van der Waals surface area (Å²) in [6, 6.07) is 2.10. The Kier molecular flexibility index (Phi) is 3.32. The Balaban J connectivity index is 2.20. The molecule has 0 amide bonds. The van der Waals surface area contributed by atoms with E-state index >= 15 is 0 Å².